The Bertz CT molecular complexity index is 166. The summed E-state index contributed by atoms with van der Waals surface area (Å²) in [4.78, 5) is 0. The topological polar surface area (TPSA) is 96.3 Å². The molecule has 12 heavy (non-hydrogen) atoms. The van der Waals surface area contributed by atoms with E-state index in [1.54, 1.807) is 6.92 Å². The van der Waals surface area contributed by atoms with Crippen LogP contribution in [0.2, 0.25) is 0 Å². The number of nitrogens with zero attached hydrogens (tertiary/aromatic N) is 1. The van der Waals surface area contributed by atoms with Crippen molar-refractivity contribution in [1.82, 2.24) is 5.23 Å². The quantitative estimate of drug-likeness (QED) is 0.603. The third-order valence-electron chi connectivity index (χ3n) is 0.691. The molecule has 0 aromatic heterocycles. The zero-order chi connectivity index (χ0) is 10.2. The summed E-state index contributed by atoms with van der Waals surface area (Å²) in [6.45, 7) is 1.88. The molecule has 76 valence electrons. The first-order chi connectivity index (χ1) is 5.39. The van der Waals surface area contributed by atoms with Crippen molar-refractivity contribution in [3.63, 3.8) is 0 Å². The van der Waals surface area contributed by atoms with E-state index in [1.165, 1.54) is 0 Å². The second-order valence-electron chi connectivity index (χ2n) is 1.43. The number of rotatable bonds is 3. The van der Waals surface area contributed by atoms with Crippen LogP contribution in [0.4, 0.5) is 0 Å². The molecule has 0 aliphatic carbocycles. The van der Waals surface area contributed by atoms with E-state index >= 15 is 0 Å². The van der Waals surface area contributed by atoms with Gasteiger partial charge in [0.15, 0.2) is 0 Å². The summed E-state index contributed by atoms with van der Waals surface area (Å²) in [5.74, 6) is 0. The van der Waals surface area contributed by atoms with E-state index in [9.17, 15) is 8.42 Å². The first-order valence-electron chi connectivity index (χ1n) is 2.91. The largest absolute Gasteiger partial charge is 0.399 e. The highest BCUT2D eigenvalue weighted by Crippen LogP contribution is 1.85. The van der Waals surface area contributed by atoms with E-state index in [-0.39, 0.29) is 11.8 Å². The van der Waals surface area contributed by atoms with Crippen molar-refractivity contribution in [1.29, 1.82) is 0 Å². The molecule has 0 radical (unpaired) electrons. The molecule has 0 aromatic rings. The Balaban J connectivity index is 0. The molecule has 7 nitrogen and oxygen atoms in total. The monoisotopic (exact) mass is 203 g/mol. The molecule has 0 aliphatic rings. The fourth-order valence-electron chi connectivity index (χ4n) is 0.0680. The second-order valence-corrected chi connectivity index (χ2v) is 2.91. The molecule has 0 rings (SSSR count). The van der Waals surface area contributed by atoms with Crippen LogP contribution in [0, 0.1) is 0 Å². The van der Waals surface area contributed by atoms with E-state index < -0.39 is 10.4 Å². The highest BCUT2D eigenvalue weighted by atomic mass is 32.3. The van der Waals surface area contributed by atoms with Crippen LogP contribution >= 0.6 is 0 Å². The molecule has 2 N–H and O–H groups in total. The van der Waals surface area contributed by atoms with Crippen LogP contribution < -0.4 is 0 Å². The van der Waals surface area contributed by atoms with Crippen LogP contribution in [0.5, 0.6) is 0 Å². The molecule has 0 bridgehead atoms. The fraction of sp³-hybridized carbons (Fsp3) is 1.00. The van der Waals surface area contributed by atoms with Crippen LogP contribution in [0.15, 0.2) is 0 Å². The molecular formula is C4H13NO6S. The van der Waals surface area contributed by atoms with E-state index in [4.69, 9.17) is 10.4 Å². The van der Waals surface area contributed by atoms with Crippen LogP contribution in [-0.2, 0) is 18.8 Å². The van der Waals surface area contributed by atoms with Gasteiger partial charge in [0, 0.05) is 6.54 Å². The number of hydroxylamine groups is 2. The highest BCUT2D eigenvalue weighted by molar-refractivity contribution is 7.81. The fourth-order valence-corrected chi connectivity index (χ4v) is 0.204. The van der Waals surface area contributed by atoms with Gasteiger partial charge in [0.25, 0.3) is 0 Å². The standard InChI is InChI=1S/C2H7NO2.C2H6O4S/c1-2-3(4)5;1-5-7(3,4)6-2/h4-5H,2H2,1H3;1-2H3. The van der Waals surface area contributed by atoms with Crippen molar-refractivity contribution in [3.8, 4) is 0 Å². The summed E-state index contributed by atoms with van der Waals surface area (Å²) in [6, 6.07) is 0. The first kappa shape index (κ1) is 14.3. The van der Waals surface area contributed by atoms with Crippen LogP contribution in [-0.4, -0.2) is 44.8 Å². The molecule has 0 unspecified atom stereocenters. The van der Waals surface area contributed by atoms with E-state index in [1.807, 2.05) is 0 Å². The molecule has 0 atom stereocenters. The third kappa shape index (κ3) is 12.4. The van der Waals surface area contributed by atoms with Crippen LogP contribution in [0.25, 0.3) is 0 Å². The Morgan fingerprint density at radius 1 is 1.25 bits per heavy atom. The normalized spacial score (nSPS) is 10.8. The minimum Gasteiger partial charge on any atom is -0.290 e. The predicted octanol–water partition coefficient (Wildman–Crippen LogP) is -0.389. The van der Waals surface area contributed by atoms with Gasteiger partial charge in [0.05, 0.1) is 14.2 Å². The van der Waals surface area contributed by atoms with Gasteiger partial charge in [0.1, 0.15) is 0 Å². The lowest BCUT2D eigenvalue weighted by molar-refractivity contribution is -0.303. The molecule has 0 saturated heterocycles. The zero-order valence-electron chi connectivity index (χ0n) is 7.09. The van der Waals surface area contributed by atoms with Gasteiger partial charge in [-0.1, -0.05) is 5.23 Å². The van der Waals surface area contributed by atoms with Gasteiger partial charge in [-0.3, -0.25) is 18.8 Å². The minimum atomic E-state index is -3.66. The molecule has 8 heteroatoms. The van der Waals surface area contributed by atoms with Crippen molar-refractivity contribution < 1.29 is 27.2 Å². The van der Waals surface area contributed by atoms with Gasteiger partial charge in [-0.2, -0.15) is 8.42 Å². The van der Waals surface area contributed by atoms with Gasteiger partial charge >= 0.3 is 10.4 Å². The minimum absolute atomic E-state index is 0.125. The van der Waals surface area contributed by atoms with Gasteiger partial charge in [-0.15, -0.1) is 0 Å². The van der Waals surface area contributed by atoms with Gasteiger partial charge in [0.2, 0.25) is 0 Å². The van der Waals surface area contributed by atoms with Crippen molar-refractivity contribution in [3.05, 3.63) is 0 Å². The maximum Gasteiger partial charge on any atom is 0.399 e. The maximum atomic E-state index is 9.92. The Kier molecular flexibility index (Phi) is 8.81. The average molecular weight is 203 g/mol. The van der Waals surface area contributed by atoms with Crippen molar-refractivity contribution >= 4 is 10.4 Å². The highest BCUT2D eigenvalue weighted by Gasteiger charge is 2.01. The molecule has 0 saturated carbocycles. The Labute approximate surface area is 71.4 Å². The molecule has 0 heterocycles. The van der Waals surface area contributed by atoms with Crippen LogP contribution in [0.1, 0.15) is 6.92 Å². The second kappa shape index (κ2) is 7.40. The lowest BCUT2D eigenvalue weighted by Crippen LogP contribution is -2.10. The third-order valence-corrected chi connectivity index (χ3v) is 1.51. The molecule has 0 aliphatic heterocycles. The molecular weight excluding hydrogens is 190 g/mol. The SMILES string of the molecule is CCN(O)O.COS(=O)(=O)OC. The average Bonchev–Trinajstić information content (AvgIpc) is 2.05. The molecule has 0 aromatic carbocycles. The summed E-state index contributed by atoms with van der Waals surface area (Å²) in [7, 11) is -1.60. The summed E-state index contributed by atoms with van der Waals surface area (Å²) in [5, 5.41) is 15.6. The zero-order valence-corrected chi connectivity index (χ0v) is 7.91. The lowest BCUT2D eigenvalue weighted by Gasteiger charge is -1.95. The number of hydrogen-bond acceptors (Lipinski definition) is 7. The van der Waals surface area contributed by atoms with Crippen molar-refractivity contribution in [2.24, 2.45) is 0 Å². The van der Waals surface area contributed by atoms with E-state index in [0.717, 1.165) is 14.2 Å². The van der Waals surface area contributed by atoms with E-state index in [2.05, 4.69) is 8.37 Å². The maximum absolute atomic E-state index is 9.92. The molecule has 0 fully saturated rings. The summed E-state index contributed by atoms with van der Waals surface area (Å²) in [6.07, 6.45) is 0. The Morgan fingerprint density at radius 3 is 1.50 bits per heavy atom. The summed E-state index contributed by atoms with van der Waals surface area (Å²) >= 11 is 0. The summed E-state index contributed by atoms with van der Waals surface area (Å²) < 4.78 is 27.5. The molecule has 0 amide bonds. The van der Waals surface area contributed by atoms with Gasteiger partial charge < -0.3 is 0 Å². The Hall–Kier alpha value is -0.250. The van der Waals surface area contributed by atoms with Crippen molar-refractivity contribution in [2.75, 3.05) is 20.8 Å². The van der Waals surface area contributed by atoms with Crippen LogP contribution in [0.3, 0.4) is 0 Å². The van der Waals surface area contributed by atoms with Gasteiger partial charge in [-0.25, -0.2) is 0 Å². The first-order valence-corrected chi connectivity index (χ1v) is 4.24. The van der Waals surface area contributed by atoms with Gasteiger partial charge in [-0.05, 0) is 6.92 Å². The summed E-state index contributed by atoms with van der Waals surface area (Å²) in [5.41, 5.74) is 0. The smallest absolute Gasteiger partial charge is 0.290 e. The predicted molar refractivity (Wildman–Crippen MR) is 38.9 cm³/mol. The number of hydrogen-bond donors (Lipinski definition) is 2. The Morgan fingerprint density at radius 2 is 1.50 bits per heavy atom. The van der Waals surface area contributed by atoms with Crippen molar-refractivity contribution in [2.45, 2.75) is 6.92 Å². The van der Waals surface area contributed by atoms with E-state index in [0.29, 0.717) is 0 Å². The molecule has 0 spiro atoms. The lowest BCUT2D eigenvalue weighted by atomic mass is 10.8.